The number of amides is 1. The lowest BCUT2D eigenvalue weighted by atomic mass is 10.2. The van der Waals surface area contributed by atoms with E-state index in [4.69, 9.17) is 11.6 Å². The van der Waals surface area contributed by atoms with Crippen LogP contribution in [0.5, 0.6) is 0 Å². The standard InChI is InChI=1S/C13H8BrClN2O3/c14-9-1-3-11(4-2-9)16-13(18)8-5-10(15)7-12(6-8)17(19)20/h1-7H,(H,16,18). The summed E-state index contributed by atoms with van der Waals surface area (Å²) in [6.45, 7) is 0. The molecule has 0 atom stereocenters. The summed E-state index contributed by atoms with van der Waals surface area (Å²) >= 11 is 9.06. The zero-order valence-electron chi connectivity index (χ0n) is 9.97. The first-order valence-corrected chi connectivity index (χ1v) is 6.65. The Kier molecular flexibility index (Phi) is 4.36. The van der Waals surface area contributed by atoms with Gasteiger partial charge >= 0.3 is 0 Å². The molecule has 0 aromatic heterocycles. The number of rotatable bonds is 3. The molecule has 0 heterocycles. The van der Waals surface area contributed by atoms with Crippen LogP contribution in [-0.2, 0) is 0 Å². The zero-order valence-corrected chi connectivity index (χ0v) is 12.3. The summed E-state index contributed by atoms with van der Waals surface area (Å²) in [4.78, 5) is 22.2. The molecule has 2 rings (SSSR count). The summed E-state index contributed by atoms with van der Waals surface area (Å²) in [5.74, 6) is -0.460. The van der Waals surface area contributed by atoms with Gasteiger partial charge < -0.3 is 5.32 Å². The molecule has 1 N–H and O–H groups in total. The van der Waals surface area contributed by atoms with Gasteiger partial charge in [-0.1, -0.05) is 27.5 Å². The summed E-state index contributed by atoms with van der Waals surface area (Å²) in [6, 6.07) is 10.7. The highest BCUT2D eigenvalue weighted by molar-refractivity contribution is 9.10. The van der Waals surface area contributed by atoms with Crippen molar-refractivity contribution < 1.29 is 9.72 Å². The van der Waals surface area contributed by atoms with Gasteiger partial charge in [-0.05, 0) is 30.3 Å². The predicted molar refractivity (Wildman–Crippen MR) is 80.2 cm³/mol. The minimum atomic E-state index is -0.595. The van der Waals surface area contributed by atoms with Crippen LogP contribution in [0.15, 0.2) is 46.9 Å². The van der Waals surface area contributed by atoms with Gasteiger partial charge in [-0.25, -0.2) is 0 Å². The van der Waals surface area contributed by atoms with Crippen molar-refractivity contribution in [2.24, 2.45) is 0 Å². The summed E-state index contributed by atoms with van der Waals surface area (Å²) in [5.41, 5.74) is 0.492. The molecular weight excluding hydrogens is 348 g/mol. The molecule has 102 valence electrons. The smallest absolute Gasteiger partial charge is 0.271 e. The minimum Gasteiger partial charge on any atom is -0.322 e. The molecular formula is C13H8BrClN2O3. The maximum absolute atomic E-state index is 12.0. The van der Waals surface area contributed by atoms with Crippen LogP contribution in [0.25, 0.3) is 0 Å². The monoisotopic (exact) mass is 354 g/mol. The van der Waals surface area contributed by atoms with Gasteiger partial charge in [0.25, 0.3) is 11.6 Å². The van der Waals surface area contributed by atoms with Crippen LogP contribution in [0.1, 0.15) is 10.4 Å². The predicted octanol–water partition coefficient (Wildman–Crippen LogP) is 4.26. The molecule has 0 aliphatic rings. The first-order chi connectivity index (χ1) is 9.45. The van der Waals surface area contributed by atoms with E-state index < -0.39 is 10.8 Å². The van der Waals surface area contributed by atoms with Crippen molar-refractivity contribution in [2.45, 2.75) is 0 Å². The number of nitro benzene ring substituents is 1. The molecule has 2 aromatic carbocycles. The van der Waals surface area contributed by atoms with Gasteiger partial charge in [-0.3, -0.25) is 14.9 Å². The number of nitrogens with zero attached hydrogens (tertiary/aromatic N) is 1. The van der Waals surface area contributed by atoms with E-state index in [0.29, 0.717) is 5.69 Å². The average Bonchev–Trinajstić information content (AvgIpc) is 2.40. The highest BCUT2D eigenvalue weighted by Crippen LogP contribution is 2.22. The lowest BCUT2D eigenvalue weighted by Crippen LogP contribution is -2.12. The molecule has 7 heteroatoms. The van der Waals surface area contributed by atoms with Gasteiger partial charge in [0.05, 0.1) is 4.92 Å². The molecule has 0 aliphatic carbocycles. The highest BCUT2D eigenvalue weighted by atomic mass is 79.9. The SMILES string of the molecule is O=C(Nc1ccc(Br)cc1)c1cc(Cl)cc([N+](=O)[O-])c1. The van der Waals surface area contributed by atoms with Crippen molar-refractivity contribution >= 4 is 44.8 Å². The van der Waals surface area contributed by atoms with Crippen LogP contribution in [0.4, 0.5) is 11.4 Å². The normalized spacial score (nSPS) is 10.1. The van der Waals surface area contributed by atoms with Gasteiger partial charge in [-0.15, -0.1) is 0 Å². The Labute approximate surface area is 127 Å². The van der Waals surface area contributed by atoms with E-state index in [-0.39, 0.29) is 16.3 Å². The highest BCUT2D eigenvalue weighted by Gasteiger charge is 2.14. The Hall–Kier alpha value is -1.92. The topological polar surface area (TPSA) is 72.2 Å². The number of carbonyl (C=O) groups is 1. The third-order valence-electron chi connectivity index (χ3n) is 2.46. The molecule has 0 bridgehead atoms. The van der Waals surface area contributed by atoms with Gasteiger partial charge in [0.2, 0.25) is 0 Å². The van der Waals surface area contributed by atoms with Crippen LogP contribution < -0.4 is 5.32 Å². The largest absolute Gasteiger partial charge is 0.322 e. The lowest BCUT2D eigenvalue weighted by molar-refractivity contribution is -0.384. The first kappa shape index (κ1) is 14.5. The van der Waals surface area contributed by atoms with Crippen molar-refractivity contribution in [1.82, 2.24) is 0 Å². The van der Waals surface area contributed by atoms with E-state index >= 15 is 0 Å². The molecule has 0 unspecified atom stereocenters. The summed E-state index contributed by atoms with van der Waals surface area (Å²) < 4.78 is 0.883. The van der Waals surface area contributed by atoms with E-state index in [9.17, 15) is 14.9 Å². The summed E-state index contributed by atoms with van der Waals surface area (Å²) in [7, 11) is 0. The summed E-state index contributed by atoms with van der Waals surface area (Å²) in [5, 5.41) is 13.5. The minimum absolute atomic E-state index is 0.132. The zero-order chi connectivity index (χ0) is 14.7. The molecule has 0 saturated heterocycles. The van der Waals surface area contributed by atoms with Gasteiger partial charge in [0.1, 0.15) is 0 Å². The van der Waals surface area contributed by atoms with Crippen LogP contribution in [0.2, 0.25) is 5.02 Å². The van der Waals surface area contributed by atoms with Crippen LogP contribution in [-0.4, -0.2) is 10.8 Å². The first-order valence-electron chi connectivity index (χ1n) is 5.47. The van der Waals surface area contributed by atoms with Crippen molar-refractivity contribution in [3.63, 3.8) is 0 Å². The molecule has 0 saturated carbocycles. The fourth-order valence-electron chi connectivity index (χ4n) is 1.55. The Morgan fingerprint density at radius 3 is 2.45 bits per heavy atom. The second-order valence-corrected chi connectivity index (χ2v) is 5.27. The van der Waals surface area contributed by atoms with Crippen molar-refractivity contribution in [3.05, 3.63) is 67.6 Å². The van der Waals surface area contributed by atoms with E-state index in [1.54, 1.807) is 24.3 Å². The number of benzene rings is 2. The van der Waals surface area contributed by atoms with Crippen LogP contribution >= 0.6 is 27.5 Å². The molecule has 0 spiro atoms. The number of anilines is 1. The van der Waals surface area contributed by atoms with E-state index in [0.717, 1.165) is 4.47 Å². The molecule has 2 aromatic rings. The van der Waals surface area contributed by atoms with E-state index in [1.165, 1.54) is 18.2 Å². The maximum atomic E-state index is 12.0. The number of hydrogen-bond donors (Lipinski definition) is 1. The number of non-ortho nitro benzene ring substituents is 1. The third-order valence-corrected chi connectivity index (χ3v) is 3.20. The molecule has 0 fully saturated rings. The molecule has 1 amide bonds. The fraction of sp³-hybridized carbons (Fsp3) is 0. The average molecular weight is 356 g/mol. The number of hydrogen-bond acceptors (Lipinski definition) is 3. The van der Waals surface area contributed by atoms with E-state index in [1.807, 2.05) is 0 Å². The van der Waals surface area contributed by atoms with E-state index in [2.05, 4.69) is 21.2 Å². The second kappa shape index (κ2) is 6.02. The molecule has 20 heavy (non-hydrogen) atoms. The number of nitrogens with one attached hydrogen (secondary N) is 1. The van der Waals surface area contributed by atoms with Crippen molar-refractivity contribution in [1.29, 1.82) is 0 Å². The second-order valence-electron chi connectivity index (χ2n) is 3.92. The Morgan fingerprint density at radius 1 is 1.20 bits per heavy atom. The quantitative estimate of drug-likeness (QED) is 0.660. The number of halogens is 2. The summed E-state index contributed by atoms with van der Waals surface area (Å²) in [6.07, 6.45) is 0. The molecule has 5 nitrogen and oxygen atoms in total. The lowest BCUT2D eigenvalue weighted by Gasteiger charge is -2.05. The Bertz CT molecular complexity index is 674. The van der Waals surface area contributed by atoms with Crippen molar-refractivity contribution in [3.8, 4) is 0 Å². The van der Waals surface area contributed by atoms with Crippen LogP contribution in [0.3, 0.4) is 0 Å². The number of nitro groups is 1. The number of carbonyl (C=O) groups excluding carboxylic acids is 1. The van der Waals surface area contributed by atoms with Crippen molar-refractivity contribution in [2.75, 3.05) is 5.32 Å². The fourth-order valence-corrected chi connectivity index (χ4v) is 2.04. The van der Waals surface area contributed by atoms with Gasteiger partial charge in [-0.2, -0.15) is 0 Å². The molecule has 0 radical (unpaired) electrons. The third kappa shape index (κ3) is 3.55. The van der Waals surface area contributed by atoms with Gasteiger partial charge in [0.15, 0.2) is 0 Å². The van der Waals surface area contributed by atoms with Crippen LogP contribution in [0, 0.1) is 10.1 Å². The Morgan fingerprint density at radius 2 is 1.85 bits per heavy atom. The maximum Gasteiger partial charge on any atom is 0.271 e. The molecule has 0 aliphatic heterocycles. The van der Waals surface area contributed by atoms with Gasteiger partial charge in [0, 0.05) is 32.9 Å². The Balaban J connectivity index is 2.25.